The molecule has 0 spiro atoms. The molecule has 10 heteroatoms. The van der Waals surface area contributed by atoms with Crippen molar-refractivity contribution in [2.75, 3.05) is 38.1 Å². The molecule has 2 aromatic heterocycles. The maximum absolute atomic E-state index is 12.7. The van der Waals surface area contributed by atoms with Gasteiger partial charge in [0.25, 0.3) is 0 Å². The number of benzene rings is 1. The van der Waals surface area contributed by atoms with Crippen molar-refractivity contribution in [3.05, 3.63) is 70.3 Å². The van der Waals surface area contributed by atoms with Gasteiger partial charge in [-0.25, -0.2) is 23.1 Å². The Morgan fingerprint density at radius 3 is 2.51 bits per heavy atom. The van der Waals surface area contributed by atoms with Crippen LogP contribution in [0.5, 0.6) is 0 Å². The molecule has 1 aliphatic heterocycles. The van der Waals surface area contributed by atoms with Gasteiger partial charge in [0.1, 0.15) is 10.7 Å². The lowest BCUT2D eigenvalue weighted by atomic mass is 9.98. The molecule has 2 N–H and O–H groups in total. The summed E-state index contributed by atoms with van der Waals surface area (Å²) in [5.74, 6) is 0.642. The van der Waals surface area contributed by atoms with Crippen LogP contribution < -0.4 is 10.0 Å². The summed E-state index contributed by atoms with van der Waals surface area (Å²) >= 11 is 1.69. The van der Waals surface area contributed by atoms with Gasteiger partial charge in [0.05, 0.1) is 16.8 Å². The Kier molecular flexibility index (Phi) is 10.5. The molecule has 0 bridgehead atoms. The van der Waals surface area contributed by atoms with Gasteiger partial charge in [-0.1, -0.05) is 51.1 Å². The van der Waals surface area contributed by atoms with Crippen molar-refractivity contribution in [2.45, 2.75) is 69.4 Å². The van der Waals surface area contributed by atoms with Crippen LogP contribution in [0.1, 0.15) is 56.3 Å². The predicted octanol–water partition coefficient (Wildman–Crippen LogP) is 4.84. The lowest BCUT2D eigenvalue weighted by molar-refractivity contribution is 0.00541. The topological polar surface area (TPSA) is 96.5 Å². The predicted molar refractivity (Wildman–Crippen MR) is 158 cm³/mol. The fourth-order valence-electron chi connectivity index (χ4n) is 4.42. The first-order valence-electron chi connectivity index (χ1n) is 13.7. The van der Waals surface area contributed by atoms with E-state index in [1.165, 1.54) is 11.8 Å². The zero-order valence-corrected chi connectivity index (χ0v) is 24.9. The average Bonchev–Trinajstić information content (AvgIpc) is 3.40. The number of piperidine rings is 1. The van der Waals surface area contributed by atoms with Gasteiger partial charge in [-0.05, 0) is 37.0 Å². The Labute approximate surface area is 237 Å². The Hall–Kier alpha value is -2.37. The van der Waals surface area contributed by atoms with Gasteiger partial charge >= 0.3 is 0 Å². The molecular formula is C29H41N5O3S2. The summed E-state index contributed by atoms with van der Waals surface area (Å²) < 4.78 is 34.0. The number of likely N-dealkylation sites (tertiary alicyclic amines) is 1. The Bertz CT molecular complexity index is 1250. The van der Waals surface area contributed by atoms with Crippen LogP contribution in [-0.2, 0) is 33.1 Å². The van der Waals surface area contributed by atoms with Gasteiger partial charge in [0.2, 0.25) is 10.0 Å². The van der Waals surface area contributed by atoms with Gasteiger partial charge in [-0.2, -0.15) is 0 Å². The largest absolute Gasteiger partial charge is 0.378 e. The Balaban J connectivity index is 1.10. The standard InChI is InChI=1S/C29H41N5O3S2/c1-29(2,3)28-33-24(22-38-28)12-16-30-27-11-10-26(20-31-27)39(35,36)32-15-7-19-37-25-13-17-34(18-14-25)21-23-8-5-4-6-9-23/h4-6,8-11,20,22,25,32H,7,12-19,21H2,1-3H3,(H,30,31). The van der Waals surface area contributed by atoms with E-state index in [9.17, 15) is 8.42 Å². The highest BCUT2D eigenvalue weighted by molar-refractivity contribution is 7.89. The van der Waals surface area contributed by atoms with E-state index in [-0.39, 0.29) is 16.4 Å². The number of hydrogen-bond acceptors (Lipinski definition) is 8. The monoisotopic (exact) mass is 571 g/mol. The number of pyridine rings is 1. The zero-order valence-electron chi connectivity index (χ0n) is 23.2. The Morgan fingerprint density at radius 2 is 1.85 bits per heavy atom. The summed E-state index contributed by atoms with van der Waals surface area (Å²) in [7, 11) is -3.61. The highest BCUT2D eigenvalue weighted by Gasteiger charge is 2.20. The SMILES string of the molecule is CC(C)(C)c1nc(CCNc2ccc(S(=O)(=O)NCCCOC3CCN(Cc4ccccc4)CC3)cn2)cs1. The summed E-state index contributed by atoms with van der Waals surface area (Å²) in [6, 6.07) is 13.8. The number of nitrogens with one attached hydrogen (secondary N) is 2. The summed E-state index contributed by atoms with van der Waals surface area (Å²) in [5.41, 5.74) is 2.45. The fraction of sp³-hybridized carbons (Fsp3) is 0.517. The number of thiazole rings is 1. The van der Waals surface area contributed by atoms with E-state index in [2.05, 4.69) is 70.3 Å². The molecule has 1 aliphatic rings. The summed E-state index contributed by atoms with van der Waals surface area (Å²) in [5, 5.41) is 6.47. The van der Waals surface area contributed by atoms with Crippen LogP contribution in [0.15, 0.2) is 58.9 Å². The van der Waals surface area contributed by atoms with Crippen LogP contribution in [0.3, 0.4) is 0 Å². The van der Waals surface area contributed by atoms with Crippen LogP contribution >= 0.6 is 11.3 Å². The van der Waals surface area contributed by atoms with Gasteiger partial charge in [0.15, 0.2) is 0 Å². The van der Waals surface area contributed by atoms with Gasteiger partial charge in [-0.3, -0.25) is 4.90 Å². The fourth-order valence-corrected chi connectivity index (χ4v) is 6.38. The molecule has 1 aromatic carbocycles. The second kappa shape index (κ2) is 13.8. The molecule has 0 amide bonds. The van der Waals surface area contributed by atoms with Crippen molar-refractivity contribution in [3.8, 4) is 0 Å². The maximum atomic E-state index is 12.7. The normalized spacial score (nSPS) is 15.5. The number of ether oxygens (including phenoxy) is 1. The van der Waals surface area contributed by atoms with Crippen LogP contribution in [-0.4, -0.2) is 62.2 Å². The number of hydrogen-bond donors (Lipinski definition) is 2. The number of anilines is 1. The van der Waals surface area contributed by atoms with Crippen molar-refractivity contribution < 1.29 is 13.2 Å². The quantitative estimate of drug-likeness (QED) is 0.284. The van der Waals surface area contributed by atoms with Gasteiger partial charge in [0, 0.05) is 62.7 Å². The van der Waals surface area contributed by atoms with E-state index in [1.54, 1.807) is 23.5 Å². The second-order valence-electron chi connectivity index (χ2n) is 11.0. The first-order valence-corrected chi connectivity index (χ1v) is 16.1. The molecule has 0 aliphatic carbocycles. The van der Waals surface area contributed by atoms with E-state index in [0.29, 0.717) is 31.9 Å². The zero-order chi connectivity index (χ0) is 27.7. The van der Waals surface area contributed by atoms with Crippen molar-refractivity contribution >= 4 is 27.2 Å². The summed E-state index contributed by atoms with van der Waals surface area (Å²) in [4.78, 5) is 11.6. The first kappa shape index (κ1) is 29.6. The van der Waals surface area contributed by atoms with Crippen LogP contribution in [0, 0.1) is 0 Å². The lowest BCUT2D eigenvalue weighted by Crippen LogP contribution is -2.36. The third kappa shape index (κ3) is 9.36. The highest BCUT2D eigenvalue weighted by atomic mass is 32.2. The van der Waals surface area contributed by atoms with Gasteiger partial charge < -0.3 is 10.1 Å². The molecule has 3 aromatic rings. The summed E-state index contributed by atoms with van der Waals surface area (Å²) in [6.45, 7) is 11.1. The molecule has 1 saturated heterocycles. The molecule has 0 unspecified atom stereocenters. The first-order chi connectivity index (χ1) is 18.7. The van der Waals surface area contributed by atoms with E-state index < -0.39 is 10.0 Å². The number of nitrogens with zero attached hydrogens (tertiary/aromatic N) is 3. The van der Waals surface area contributed by atoms with Crippen molar-refractivity contribution in [1.82, 2.24) is 19.6 Å². The van der Waals surface area contributed by atoms with Crippen LogP contribution in [0.25, 0.3) is 0 Å². The van der Waals surface area contributed by atoms with E-state index in [1.807, 2.05) is 6.07 Å². The van der Waals surface area contributed by atoms with Crippen LogP contribution in [0.2, 0.25) is 0 Å². The molecular weight excluding hydrogens is 530 g/mol. The number of aromatic nitrogens is 2. The smallest absolute Gasteiger partial charge is 0.242 e. The molecule has 3 heterocycles. The molecule has 39 heavy (non-hydrogen) atoms. The van der Waals surface area contributed by atoms with Crippen molar-refractivity contribution in [3.63, 3.8) is 0 Å². The van der Waals surface area contributed by atoms with Crippen LogP contribution in [0.4, 0.5) is 5.82 Å². The number of rotatable bonds is 13. The summed E-state index contributed by atoms with van der Waals surface area (Å²) in [6.07, 6.45) is 5.06. The lowest BCUT2D eigenvalue weighted by Gasteiger charge is -2.32. The third-order valence-electron chi connectivity index (χ3n) is 6.68. The van der Waals surface area contributed by atoms with E-state index in [0.717, 1.165) is 49.6 Å². The minimum atomic E-state index is -3.61. The molecule has 0 atom stereocenters. The van der Waals surface area contributed by atoms with Gasteiger partial charge in [-0.15, -0.1) is 11.3 Å². The highest BCUT2D eigenvalue weighted by Crippen LogP contribution is 2.25. The van der Waals surface area contributed by atoms with E-state index >= 15 is 0 Å². The molecule has 0 saturated carbocycles. The molecule has 1 fully saturated rings. The average molecular weight is 572 g/mol. The van der Waals surface area contributed by atoms with E-state index in [4.69, 9.17) is 9.72 Å². The maximum Gasteiger partial charge on any atom is 0.242 e. The minimum absolute atomic E-state index is 0.0566. The second-order valence-corrected chi connectivity index (χ2v) is 13.7. The molecule has 8 nitrogen and oxygen atoms in total. The molecule has 0 radical (unpaired) electrons. The van der Waals surface area contributed by atoms with Crippen molar-refractivity contribution in [2.24, 2.45) is 0 Å². The molecule has 212 valence electrons. The van der Waals surface area contributed by atoms with Crippen molar-refractivity contribution in [1.29, 1.82) is 0 Å². The minimum Gasteiger partial charge on any atom is -0.378 e. The molecule has 4 rings (SSSR count). The third-order valence-corrected chi connectivity index (χ3v) is 9.44. The Morgan fingerprint density at radius 1 is 1.08 bits per heavy atom. The number of sulfonamides is 1.